The average Bonchev–Trinajstić information content (AvgIpc) is 2.94. The zero-order valence-electron chi connectivity index (χ0n) is 10.1. The van der Waals surface area contributed by atoms with Gasteiger partial charge in [0.1, 0.15) is 6.04 Å². The summed E-state index contributed by atoms with van der Waals surface area (Å²) in [6.45, 7) is 1.39. The molecule has 19 heavy (non-hydrogen) atoms. The Morgan fingerprint density at radius 3 is 2.79 bits per heavy atom. The lowest BCUT2D eigenvalue weighted by molar-refractivity contribution is -0.140. The topological polar surface area (TPSA) is 86.7 Å². The lowest BCUT2D eigenvalue weighted by Crippen LogP contribution is -2.41. The van der Waals surface area contributed by atoms with Crippen LogP contribution in [0.3, 0.4) is 0 Å². The summed E-state index contributed by atoms with van der Waals surface area (Å²) in [6.07, 6.45) is 0. The van der Waals surface area contributed by atoms with Gasteiger partial charge < -0.3 is 15.3 Å². The fraction of sp³-hybridized carbons (Fsp3) is 0.364. The van der Waals surface area contributed by atoms with Crippen LogP contribution >= 0.6 is 23.1 Å². The summed E-state index contributed by atoms with van der Waals surface area (Å²) < 4.78 is 0. The van der Waals surface area contributed by atoms with Gasteiger partial charge in [0.15, 0.2) is 0 Å². The maximum atomic E-state index is 12.2. The summed E-state index contributed by atoms with van der Waals surface area (Å²) in [5, 5.41) is 12.2. The van der Waals surface area contributed by atoms with E-state index in [0.717, 1.165) is 11.3 Å². The van der Waals surface area contributed by atoms with E-state index in [2.05, 4.69) is 5.32 Å². The van der Waals surface area contributed by atoms with Gasteiger partial charge in [-0.15, -0.1) is 23.1 Å². The van der Waals surface area contributed by atoms with Crippen molar-refractivity contribution in [3.8, 4) is 0 Å². The number of carboxylic acids is 1. The minimum Gasteiger partial charge on any atom is -0.480 e. The molecule has 1 aromatic heterocycles. The van der Waals surface area contributed by atoms with Crippen LogP contribution in [-0.4, -0.2) is 45.5 Å². The summed E-state index contributed by atoms with van der Waals surface area (Å²) in [5.74, 6) is -0.717. The Morgan fingerprint density at radius 1 is 1.42 bits per heavy atom. The van der Waals surface area contributed by atoms with Crippen molar-refractivity contribution < 1.29 is 19.5 Å². The van der Waals surface area contributed by atoms with Gasteiger partial charge in [0.25, 0.3) is 5.91 Å². The number of anilines is 1. The molecule has 1 atom stereocenters. The van der Waals surface area contributed by atoms with Crippen molar-refractivity contribution in [1.82, 2.24) is 4.90 Å². The van der Waals surface area contributed by atoms with Crippen LogP contribution in [-0.2, 0) is 9.59 Å². The molecule has 6 nitrogen and oxygen atoms in total. The highest BCUT2D eigenvalue weighted by Crippen LogP contribution is 2.28. The third-order valence-electron chi connectivity index (χ3n) is 2.54. The van der Waals surface area contributed by atoms with Crippen LogP contribution in [0.25, 0.3) is 0 Å². The molecule has 0 radical (unpaired) electrons. The summed E-state index contributed by atoms with van der Waals surface area (Å²) in [4.78, 5) is 35.9. The van der Waals surface area contributed by atoms with Crippen LogP contribution < -0.4 is 5.32 Å². The number of hydrogen-bond donors (Lipinski definition) is 2. The zero-order chi connectivity index (χ0) is 14.0. The highest BCUT2D eigenvalue weighted by atomic mass is 32.2. The molecule has 102 valence electrons. The van der Waals surface area contributed by atoms with E-state index in [9.17, 15) is 14.4 Å². The molecule has 1 unspecified atom stereocenters. The Labute approximate surface area is 117 Å². The minimum atomic E-state index is -0.989. The molecule has 8 heteroatoms. The summed E-state index contributed by atoms with van der Waals surface area (Å²) in [5.41, 5.74) is 0. The number of amides is 2. The number of thioether (sulfide) groups is 1. The Hall–Kier alpha value is -1.54. The molecule has 1 aliphatic rings. The van der Waals surface area contributed by atoms with E-state index in [1.807, 2.05) is 0 Å². The molecule has 2 rings (SSSR count). The van der Waals surface area contributed by atoms with Crippen molar-refractivity contribution in [3.63, 3.8) is 0 Å². The van der Waals surface area contributed by atoms with Gasteiger partial charge in [-0.3, -0.25) is 9.59 Å². The Bertz CT molecular complexity index is 529. The van der Waals surface area contributed by atoms with Crippen LogP contribution in [0, 0.1) is 0 Å². The van der Waals surface area contributed by atoms with Gasteiger partial charge in [-0.2, -0.15) is 0 Å². The van der Waals surface area contributed by atoms with Crippen molar-refractivity contribution in [2.45, 2.75) is 13.0 Å². The van der Waals surface area contributed by atoms with Gasteiger partial charge in [-0.05, 0) is 12.1 Å². The molecule has 2 N–H and O–H groups in total. The van der Waals surface area contributed by atoms with Crippen LogP contribution in [0.4, 0.5) is 5.00 Å². The number of rotatable bonds is 3. The van der Waals surface area contributed by atoms with Gasteiger partial charge in [0.2, 0.25) is 5.91 Å². The number of hydrogen-bond acceptors (Lipinski definition) is 5. The Morgan fingerprint density at radius 2 is 2.16 bits per heavy atom. The monoisotopic (exact) mass is 300 g/mol. The third kappa shape index (κ3) is 3.07. The number of thiophene rings is 1. The molecule has 0 bridgehead atoms. The lowest BCUT2D eigenvalue weighted by Gasteiger charge is -2.19. The molecule has 1 aromatic rings. The summed E-state index contributed by atoms with van der Waals surface area (Å²) in [6, 6.07) is 2.46. The molecule has 1 saturated heterocycles. The SMILES string of the molecule is CC(=O)Nc1ccc(C(=O)N2CSCC2C(=O)O)s1. The fourth-order valence-corrected chi connectivity index (χ4v) is 3.74. The number of nitrogens with one attached hydrogen (secondary N) is 1. The molecule has 0 saturated carbocycles. The number of carbonyl (C=O) groups excluding carboxylic acids is 2. The van der Waals surface area contributed by atoms with Crippen LogP contribution in [0.15, 0.2) is 12.1 Å². The number of carbonyl (C=O) groups is 3. The second-order valence-corrected chi connectivity index (χ2v) is 6.06. The summed E-state index contributed by atoms with van der Waals surface area (Å²) >= 11 is 2.56. The highest BCUT2D eigenvalue weighted by Gasteiger charge is 2.35. The number of nitrogens with zero attached hydrogens (tertiary/aromatic N) is 1. The first kappa shape index (κ1) is 13.9. The van der Waals surface area contributed by atoms with Crippen molar-refractivity contribution in [2.24, 2.45) is 0 Å². The van der Waals surface area contributed by atoms with Gasteiger partial charge >= 0.3 is 5.97 Å². The first-order chi connectivity index (χ1) is 8.99. The smallest absolute Gasteiger partial charge is 0.327 e. The molecular formula is C11H12N2O4S2. The van der Waals surface area contributed by atoms with E-state index < -0.39 is 12.0 Å². The second-order valence-electron chi connectivity index (χ2n) is 3.97. The molecule has 0 aliphatic carbocycles. The molecule has 1 aliphatic heterocycles. The molecule has 0 spiro atoms. The van der Waals surface area contributed by atoms with Crippen LogP contribution in [0.5, 0.6) is 0 Å². The minimum absolute atomic E-state index is 0.207. The molecule has 1 fully saturated rings. The predicted molar refractivity (Wildman–Crippen MR) is 73.5 cm³/mol. The lowest BCUT2D eigenvalue weighted by atomic mass is 10.3. The molecule has 2 heterocycles. The highest BCUT2D eigenvalue weighted by molar-refractivity contribution is 7.99. The summed E-state index contributed by atoms with van der Waals surface area (Å²) in [7, 11) is 0. The fourth-order valence-electron chi connectivity index (χ4n) is 1.68. The first-order valence-corrected chi connectivity index (χ1v) is 7.45. The Kier molecular flexibility index (Phi) is 4.11. The largest absolute Gasteiger partial charge is 0.480 e. The normalized spacial score (nSPS) is 18.4. The van der Waals surface area contributed by atoms with Crippen molar-refractivity contribution in [1.29, 1.82) is 0 Å². The van der Waals surface area contributed by atoms with Gasteiger partial charge in [0, 0.05) is 12.7 Å². The zero-order valence-corrected chi connectivity index (χ0v) is 11.7. The average molecular weight is 300 g/mol. The van der Waals surface area contributed by atoms with Crippen molar-refractivity contribution in [3.05, 3.63) is 17.0 Å². The molecule has 0 aromatic carbocycles. The van der Waals surface area contributed by atoms with E-state index in [-0.39, 0.29) is 11.8 Å². The number of aliphatic carboxylic acids is 1. The van der Waals surface area contributed by atoms with Crippen LogP contribution in [0.1, 0.15) is 16.6 Å². The van der Waals surface area contributed by atoms with Crippen molar-refractivity contribution >= 4 is 45.9 Å². The Balaban J connectivity index is 2.13. The van der Waals surface area contributed by atoms with E-state index in [0.29, 0.717) is 21.5 Å². The maximum absolute atomic E-state index is 12.2. The van der Waals surface area contributed by atoms with E-state index in [4.69, 9.17) is 5.11 Å². The van der Waals surface area contributed by atoms with Crippen LogP contribution in [0.2, 0.25) is 0 Å². The van der Waals surface area contributed by atoms with E-state index in [1.54, 1.807) is 12.1 Å². The maximum Gasteiger partial charge on any atom is 0.327 e. The predicted octanol–water partition coefficient (Wildman–Crippen LogP) is 1.31. The third-order valence-corrected chi connectivity index (χ3v) is 4.55. The number of carboxylic acid groups (broad SMARTS) is 1. The first-order valence-electron chi connectivity index (χ1n) is 5.48. The van der Waals surface area contributed by atoms with Crippen molar-refractivity contribution in [2.75, 3.05) is 16.9 Å². The van der Waals surface area contributed by atoms with Gasteiger partial charge in [-0.25, -0.2) is 4.79 Å². The standard InChI is InChI=1S/C11H12N2O4S2/c1-6(14)12-9-3-2-8(19-9)10(15)13-5-18-4-7(13)11(16)17/h2-3,7H,4-5H2,1H3,(H,12,14)(H,16,17). The van der Waals surface area contributed by atoms with Gasteiger partial charge in [0.05, 0.1) is 15.8 Å². The van der Waals surface area contributed by atoms with Gasteiger partial charge in [-0.1, -0.05) is 0 Å². The quantitative estimate of drug-likeness (QED) is 0.879. The molecular weight excluding hydrogens is 288 g/mol. The van der Waals surface area contributed by atoms with E-state index >= 15 is 0 Å². The van der Waals surface area contributed by atoms with E-state index in [1.165, 1.54) is 23.6 Å². The molecule has 2 amide bonds. The second kappa shape index (κ2) is 5.62.